The Bertz CT molecular complexity index is 557. The third-order valence-electron chi connectivity index (χ3n) is 5.49. The zero-order valence-electron chi connectivity index (χ0n) is 16.2. The largest absolute Gasteiger partial charge is 0.383 e. The van der Waals surface area contributed by atoms with Gasteiger partial charge in [0.2, 0.25) is 0 Å². The third-order valence-corrected chi connectivity index (χ3v) is 5.49. The van der Waals surface area contributed by atoms with Gasteiger partial charge in [-0.25, -0.2) is 0 Å². The van der Waals surface area contributed by atoms with Crippen LogP contribution in [0.3, 0.4) is 0 Å². The molecule has 0 spiro atoms. The predicted molar refractivity (Wildman–Crippen MR) is 108 cm³/mol. The number of guanidine groups is 1. The first-order chi connectivity index (χ1) is 12.8. The molecule has 0 amide bonds. The molecule has 26 heavy (non-hydrogen) atoms. The van der Waals surface area contributed by atoms with Crippen LogP contribution in [0.15, 0.2) is 35.3 Å². The number of hydrogen-bond donors (Lipinski definition) is 1. The van der Waals surface area contributed by atoms with Crippen molar-refractivity contribution in [2.75, 3.05) is 71.5 Å². The van der Waals surface area contributed by atoms with Gasteiger partial charge >= 0.3 is 0 Å². The van der Waals surface area contributed by atoms with Crippen LogP contribution in [0.1, 0.15) is 12.8 Å². The van der Waals surface area contributed by atoms with Gasteiger partial charge in [-0.2, -0.15) is 0 Å². The average molecular weight is 360 g/mol. The van der Waals surface area contributed by atoms with Crippen molar-refractivity contribution >= 4 is 11.6 Å². The Morgan fingerprint density at radius 2 is 1.92 bits per heavy atom. The van der Waals surface area contributed by atoms with Gasteiger partial charge in [0, 0.05) is 65.2 Å². The van der Waals surface area contributed by atoms with E-state index < -0.39 is 0 Å². The fourth-order valence-electron chi connectivity index (χ4n) is 3.99. The summed E-state index contributed by atoms with van der Waals surface area (Å²) in [5.41, 5.74) is 1.31. The van der Waals surface area contributed by atoms with Crippen molar-refractivity contribution < 1.29 is 4.74 Å². The molecule has 2 aliphatic heterocycles. The van der Waals surface area contributed by atoms with E-state index in [0.29, 0.717) is 6.04 Å². The number of anilines is 1. The molecule has 2 fully saturated rings. The van der Waals surface area contributed by atoms with Crippen LogP contribution >= 0.6 is 0 Å². The van der Waals surface area contributed by atoms with Gasteiger partial charge in [0.05, 0.1) is 6.61 Å². The number of ether oxygens (including phenoxy) is 1. The van der Waals surface area contributed by atoms with Crippen LogP contribution < -0.4 is 10.2 Å². The van der Waals surface area contributed by atoms with E-state index in [9.17, 15) is 0 Å². The number of para-hydroxylation sites is 1. The molecule has 2 saturated heterocycles. The Balaban J connectivity index is 1.46. The smallest absolute Gasteiger partial charge is 0.193 e. The summed E-state index contributed by atoms with van der Waals surface area (Å²) < 4.78 is 5.24. The first-order valence-electron chi connectivity index (χ1n) is 9.80. The molecule has 1 atom stereocenters. The van der Waals surface area contributed by atoms with Crippen molar-refractivity contribution in [3.05, 3.63) is 30.3 Å². The lowest BCUT2D eigenvalue weighted by molar-refractivity contribution is 0.141. The van der Waals surface area contributed by atoms with E-state index in [0.717, 1.165) is 51.8 Å². The minimum absolute atomic E-state index is 0.590. The molecule has 3 rings (SSSR count). The van der Waals surface area contributed by atoms with Gasteiger partial charge in [-0.1, -0.05) is 18.2 Å². The molecule has 0 saturated carbocycles. The second-order valence-corrected chi connectivity index (χ2v) is 7.06. The molecule has 0 aromatic heterocycles. The lowest BCUT2D eigenvalue weighted by Gasteiger charge is -2.38. The van der Waals surface area contributed by atoms with Crippen molar-refractivity contribution in [2.45, 2.75) is 18.9 Å². The highest BCUT2D eigenvalue weighted by Crippen LogP contribution is 2.17. The molecule has 1 aromatic carbocycles. The van der Waals surface area contributed by atoms with Crippen LogP contribution in [0.2, 0.25) is 0 Å². The zero-order chi connectivity index (χ0) is 18.2. The molecule has 0 aliphatic carbocycles. The van der Waals surface area contributed by atoms with E-state index in [1.165, 1.54) is 25.1 Å². The maximum absolute atomic E-state index is 5.24. The van der Waals surface area contributed by atoms with Gasteiger partial charge in [-0.15, -0.1) is 0 Å². The van der Waals surface area contributed by atoms with Gasteiger partial charge in [0.1, 0.15) is 0 Å². The molecule has 2 aliphatic rings. The van der Waals surface area contributed by atoms with E-state index in [2.05, 4.69) is 55.3 Å². The first kappa shape index (κ1) is 19.0. The number of nitrogens with zero attached hydrogens (tertiary/aromatic N) is 4. The van der Waals surface area contributed by atoms with Gasteiger partial charge < -0.3 is 19.9 Å². The van der Waals surface area contributed by atoms with E-state index in [1.807, 2.05) is 7.05 Å². The highest BCUT2D eigenvalue weighted by Gasteiger charge is 2.25. The number of aliphatic imine (C=N–C) groups is 1. The molecule has 2 heterocycles. The molecule has 0 bridgehead atoms. The zero-order valence-corrected chi connectivity index (χ0v) is 16.2. The van der Waals surface area contributed by atoms with Crippen molar-refractivity contribution in [2.24, 2.45) is 4.99 Å². The molecule has 6 heteroatoms. The SMILES string of the molecule is CN=C(NCC1CCCN1CCOC)N1CCN(c2ccccc2)CC1. The Kier molecular flexibility index (Phi) is 7.14. The van der Waals surface area contributed by atoms with Gasteiger partial charge in [0.15, 0.2) is 5.96 Å². The fraction of sp³-hybridized carbons (Fsp3) is 0.650. The molecule has 1 aromatic rings. The average Bonchev–Trinajstić information content (AvgIpc) is 3.15. The Morgan fingerprint density at radius 3 is 2.62 bits per heavy atom. The molecule has 6 nitrogen and oxygen atoms in total. The number of methoxy groups -OCH3 is 1. The number of piperazine rings is 1. The van der Waals surface area contributed by atoms with Crippen LogP contribution in [-0.4, -0.2) is 88.4 Å². The van der Waals surface area contributed by atoms with Crippen molar-refractivity contribution in [3.8, 4) is 0 Å². The number of likely N-dealkylation sites (tertiary alicyclic amines) is 1. The van der Waals surface area contributed by atoms with E-state index in [-0.39, 0.29) is 0 Å². The number of benzene rings is 1. The van der Waals surface area contributed by atoms with Crippen LogP contribution in [0.4, 0.5) is 5.69 Å². The van der Waals surface area contributed by atoms with Crippen molar-refractivity contribution in [1.29, 1.82) is 0 Å². The summed E-state index contributed by atoms with van der Waals surface area (Å²) in [6.07, 6.45) is 2.54. The highest BCUT2D eigenvalue weighted by molar-refractivity contribution is 5.80. The second-order valence-electron chi connectivity index (χ2n) is 7.06. The fourth-order valence-corrected chi connectivity index (χ4v) is 3.99. The third kappa shape index (κ3) is 4.89. The van der Waals surface area contributed by atoms with Crippen molar-refractivity contribution in [3.63, 3.8) is 0 Å². The minimum Gasteiger partial charge on any atom is -0.383 e. The van der Waals surface area contributed by atoms with E-state index in [1.54, 1.807) is 7.11 Å². The lowest BCUT2D eigenvalue weighted by Crippen LogP contribution is -2.54. The standard InChI is InChI=1S/C20H33N5O/c1-21-20(22-17-19-9-6-10-23(19)15-16-26-2)25-13-11-24(12-14-25)18-7-4-3-5-8-18/h3-5,7-8,19H,6,9-17H2,1-2H3,(H,21,22). The Labute approximate surface area is 157 Å². The van der Waals surface area contributed by atoms with Gasteiger partial charge in [0.25, 0.3) is 0 Å². The Hall–Kier alpha value is -1.79. The van der Waals surface area contributed by atoms with Gasteiger partial charge in [-0.05, 0) is 31.5 Å². The number of hydrogen-bond acceptors (Lipinski definition) is 4. The number of rotatable bonds is 6. The van der Waals surface area contributed by atoms with Crippen LogP contribution in [0.5, 0.6) is 0 Å². The highest BCUT2D eigenvalue weighted by atomic mass is 16.5. The molecule has 1 unspecified atom stereocenters. The second kappa shape index (κ2) is 9.78. The number of nitrogens with one attached hydrogen (secondary N) is 1. The van der Waals surface area contributed by atoms with Crippen molar-refractivity contribution in [1.82, 2.24) is 15.1 Å². The maximum Gasteiger partial charge on any atom is 0.193 e. The monoisotopic (exact) mass is 359 g/mol. The van der Waals surface area contributed by atoms with Crippen LogP contribution in [0.25, 0.3) is 0 Å². The summed E-state index contributed by atoms with van der Waals surface area (Å²) in [6.45, 7) is 8.07. The minimum atomic E-state index is 0.590. The molecular formula is C20H33N5O. The van der Waals surface area contributed by atoms with Crippen LogP contribution in [0, 0.1) is 0 Å². The molecule has 0 radical (unpaired) electrons. The van der Waals surface area contributed by atoms with E-state index >= 15 is 0 Å². The summed E-state index contributed by atoms with van der Waals surface area (Å²) in [5.74, 6) is 1.04. The van der Waals surface area contributed by atoms with E-state index in [4.69, 9.17) is 4.74 Å². The first-order valence-corrected chi connectivity index (χ1v) is 9.80. The molecule has 144 valence electrons. The molecular weight excluding hydrogens is 326 g/mol. The predicted octanol–water partition coefficient (Wildman–Crippen LogP) is 1.49. The normalized spacial score (nSPS) is 22.1. The maximum atomic E-state index is 5.24. The summed E-state index contributed by atoms with van der Waals surface area (Å²) >= 11 is 0. The molecule has 1 N–H and O–H groups in total. The van der Waals surface area contributed by atoms with Crippen LogP contribution in [-0.2, 0) is 4.74 Å². The van der Waals surface area contributed by atoms with Gasteiger partial charge in [-0.3, -0.25) is 9.89 Å². The summed E-state index contributed by atoms with van der Waals surface area (Å²) in [5, 5.41) is 3.62. The summed E-state index contributed by atoms with van der Waals surface area (Å²) in [4.78, 5) is 11.9. The summed E-state index contributed by atoms with van der Waals surface area (Å²) in [6, 6.07) is 11.3. The topological polar surface area (TPSA) is 43.3 Å². The summed E-state index contributed by atoms with van der Waals surface area (Å²) in [7, 11) is 3.67. The lowest BCUT2D eigenvalue weighted by atomic mass is 10.2. The Morgan fingerprint density at radius 1 is 1.15 bits per heavy atom. The quantitative estimate of drug-likeness (QED) is 0.616.